The molecule has 0 saturated carbocycles. The Labute approximate surface area is 356 Å². The summed E-state index contributed by atoms with van der Waals surface area (Å²) in [5, 5.41) is 48.1. The maximum Gasteiger partial charge on any atom is 0.330 e. The molecule has 0 amide bonds. The number of ether oxygens (including phenoxy) is 6. The quantitative estimate of drug-likeness (QED) is 0.0433. The van der Waals surface area contributed by atoms with Gasteiger partial charge in [0.2, 0.25) is 0 Å². The number of carboxylic acids is 5. The summed E-state index contributed by atoms with van der Waals surface area (Å²) in [7, 11) is 0. The molecule has 0 aliphatic rings. The summed E-state index contributed by atoms with van der Waals surface area (Å²) in [6, 6.07) is 0. The van der Waals surface area contributed by atoms with Crippen molar-refractivity contribution in [3.63, 3.8) is 0 Å². The lowest BCUT2D eigenvalue weighted by molar-refractivity contribution is -0.167. The van der Waals surface area contributed by atoms with E-state index in [1.807, 2.05) is 0 Å². The zero-order valence-corrected chi connectivity index (χ0v) is 33.7. The zero-order valence-electron chi connectivity index (χ0n) is 33.7. The number of carboxylic acid groups (broad SMARTS) is 5. The smallest absolute Gasteiger partial charge is 0.330 e. The molecule has 6 N–H and O–H groups in total. The van der Waals surface area contributed by atoms with Crippen LogP contribution in [-0.2, 0) is 76.4 Å². The number of carbonyl (C=O) groups excluding carboxylic acids is 5. The number of carbonyl (C=O) groups is 10. The number of hydrogen-bond acceptors (Lipinski definition) is 17. The maximum atomic E-state index is 11.7. The van der Waals surface area contributed by atoms with Gasteiger partial charge in [0.1, 0.15) is 33.0 Å². The molecular weight excluding hydrogens is 832 g/mol. The van der Waals surface area contributed by atoms with Gasteiger partial charge in [0.05, 0.1) is 30.7 Å². The summed E-state index contributed by atoms with van der Waals surface area (Å²) in [5.74, 6) is -8.95. The van der Waals surface area contributed by atoms with Gasteiger partial charge in [0, 0.05) is 60.8 Å². The molecule has 0 bridgehead atoms. The van der Waals surface area contributed by atoms with Crippen molar-refractivity contribution in [1.29, 1.82) is 0 Å². The second-order valence-electron chi connectivity index (χ2n) is 10.4. The van der Waals surface area contributed by atoms with Gasteiger partial charge in [0.15, 0.2) is 0 Å². The third-order valence-corrected chi connectivity index (χ3v) is 5.46. The van der Waals surface area contributed by atoms with E-state index in [4.69, 9.17) is 54.0 Å². The summed E-state index contributed by atoms with van der Waals surface area (Å²) in [4.78, 5) is 105. The van der Waals surface area contributed by atoms with Crippen molar-refractivity contribution in [2.24, 2.45) is 10.8 Å². The van der Waals surface area contributed by atoms with Gasteiger partial charge in [-0.2, -0.15) is 0 Å². The first-order valence-electron chi connectivity index (χ1n) is 16.3. The molecule has 344 valence electrons. The Morgan fingerprint density at radius 1 is 0.323 bits per heavy atom. The highest BCUT2D eigenvalue weighted by Gasteiger charge is 2.39. The highest BCUT2D eigenvalue weighted by Crippen LogP contribution is 2.25. The van der Waals surface area contributed by atoms with E-state index in [9.17, 15) is 53.1 Å². The van der Waals surface area contributed by atoms with Crippen molar-refractivity contribution >= 4 is 59.7 Å². The van der Waals surface area contributed by atoms with Gasteiger partial charge >= 0.3 is 59.7 Å². The molecule has 22 heteroatoms. The van der Waals surface area contributed by atoms with Gasteiger partial charge in [-0.05, 0) is 0 Å². The van der Waals surface area contributed by atoms with Crippen molar-refractivity contribution in [1.82, 2.24) is 0 Å². The third kappa shape index (κ3) is 48.2. The fourth-order valence-electron chi connectivity index (χ4n) is 2.41. The van der Waals surface area contributed by atoms with Crippen LogP contribution < -0.4 is 0 Å². The van der Waals surface area contributed by atoms with Crippen LogP contribution in [-0.4, -0.2) is 143 Å². The first-order chi connectivity index (χ1) is 28.9. The van der Waals surface area contributed by atoms with E-state index in [-0.39, 0.29) is 13.2 Å². The van der Waals surface area contributed by atoms with E-state index in [0.717, 1.165) is 60.8 Å². The lowest BCUT2D eigenvalue weighted by atomic mass is 9.90. The van der Waals surface area contributed by atoms with Crippen LogP contribution in [0.15, 0.2) is 127 Å². The van der Waals surface area contributed by atoms with Crippen molar-refractivity contribution in [3.8, 4) is 0 Å². The monoisotopic (exact) mass is 884 g/mol. The van der Waals surface area contributed by atoms with Crippen LogP contribution in [0.2, 0.25) is 0 Å². The van der Waals surface area contributed by atoms with E-state index < -0.39 is 110 Å². The average Bonchev–Trinajstić information content (AvgIpc) is 3.27. The molecule has 0 unspecified atom stereocenters. The Morgan fingerprint density at radius 2 is 0.484 bits per heavy atom. The second kappa shape index (κ2) is 42.6. The fourth-order valence-corrected chi connectivity index (χ4v) is 2.41. The van der Waals surface area contributed by atoms with E-state index >= 15 is 0 Å². The summed E-state index contributed by atoms with van der Waals surface area (Å²) in [6.07, 6.45) is 8.67. The van der Waals surface area contributed by atoms with Crippen molar-refractivity contribution < 1.29 is 107 Å². The number of esters is 5. The van der Waals surface area contributed by atoms with E-state index in [1.165, 1.54) is 0 Å². The molecule has 0 radical (unpaired) electrons. The molecule has 0 aliphatic heterocycles. The highest BCUT2D eigenvalue weighted by atomic mass is 16.6. The number of aliphatic carboxylic acids is 5. The summed E-state index contributed by atoms with van der Waals surface area (Å²) < 4.78 is 31.1. The van der Waals surface area contributed by atoms with E-state index in [1.54, 1.807) is 0 Å². The van der Waals surface area contributed by atoms with E-state index in [2.05, 4.69) is 65.8 Å². The zero-order chi connectivity index (χ0) is 49.7. The molecule has 22 nitrogen and oxygen atoms in total. The molecule has 0 fully saturated rings. The normalized spacial score (nSPS) is 8.98. The van der Waals surface area contributed by atoms with Crippen molar-refractivity contribution in [3.05, 3.63) is 127 Å². The average molecular weight is 885 g/mol. The minimum atomic E-state index is -1.44. The molecule has 0 heterocycles. The molecule has 0 aromatic rings. The van der Waals surface area contributed by atoms with Crippen LogP contribution in [0, 0.1) is 10.8 Å². The molecule has 0 saturated heterocycles. The lowest BCUT2D eigenvalue weighted by Crippen LogP contribution is -2.46. The van der Waals surface area contributed by atoms with Crippen LogP contribution in [0.4, 0.5) is 0 Å². The summed E-state index contributed by atoms with van der Waals surface area (Å²) in [5.41, 5.74) is -2.87. The van der Waals surface area contributed by atoms with Crippen LogP contribution in [0.5, 0.6) is 0 Å². The van der Waals surface area contributed by atoms with Gasteiger partial charge in [-0.25, -0.2) is 47.9 Å². The molecule has 0 aliphatic carbocycles. The molecule has 0 atom stereocenters. The molecule has 62 heavy (non-hydrogen) atoms. The van der Waals surface area contributed by atoms with Gasteiger partial charge < -0.3 is 59.1 Å². The van der Waals surface area contributed by atoms with E-state index in [0.29, 0.717) is 0 Å². The standard InChI is InChI=1S/C25H32O12.5C3H4O2/c1-6-19(27)33-14-24(11-26,15-34-20(28)7-2)12-32-13-25(16-35-21(29)8-3,17-36-22(30)9-4)18-37-23(31)10-5;5*1-2-3(4)5/h6-10,26H,1-5,11-18H2;5*2H,1H2,(H,4,5). The Balaban J connectivity index is -0.000000251. The molecule has 0 aromatic heterocycles. The first kappa shape index (κ1) is 65.9. The van der Waals surface area contributed by atoms with Crippen LogP contribution >= 0.6 is 0 Å². The van der Waals surface area contributed by atoms with Crippen molar-refractivity contribution in [2.45, 2.75) is 0 Å². The minimum Gasteiger partial charge on any atom is -0.478 e. The Morgan fingerprint density at radius 3 is 0.629 bits per heavy atom. The SMILES string of the molecule is C=CC(=O)O.C=CC(=O)O.C=CC(=O)O.C=CC(=O)O.C=CC(=O)O.C=CC(=O)OCC(CO)(COCC(COC(=O)C=C)(COC(=O)C=C)COC(=O)C=C)COC(=O)C=C. The molecular formula is C40H52O22. The largest absolute Gasteiger partial charge is 0.478 e. The van der Waals surface area contributed by atoms with Crippen LogP contribution in [0.3, 0.4) is 0 Å². The van der Waals surface area contributed by atoms with Crippen LogP contribution in [0.1, 0.15) is 0 Å². The van der Waals surface area contributed by atoms with Crippen molar-refractivity contribution in [2.75, 3.05) is 52.9 Å². The Kier molecular flexibility index (Phi) is 45.3. The Hall–Kier alpha value is -7.98. The summed E-state index contributed by atoms with van der Waals surface area (Å²) in [6.45, 7) is 27.6. The predicted octanol–water partition coefficient (Wildman–Crippen LogP) is 1.90. The molecule has 0 aromatic carbocycles. The van der Waals surface area contributed by atoms with Gasteiger partial charge in [-0.15, -0.1) is 0 Å². The number of aliphatic hydroxyl groups is 1. The number of hydrogen-bond donors (Lipinski definition) is 6. The highest BCUT2D eigenvalue weighted by molar-refractivity contribution is 5.83. The summed E-state index contributed by atoms with van der Waals surface area (Å²) >= 11 is 0. The second-order valence-corrected chi connectivity index (χ2v) is 10.4. The number of rotatable bonds is 25. The van der Waals surface area contributed by atoms with Crippen LogP contribution in [0.25, 0.3) is 0 Å². The minimum absolute atomic E-state index is 0.375. The third-order valence-electron chi connectivity index (χ3n) is 5.46. The number of aliphatic hydroxyl groups excluding tert-OH is 1. The molecule has 0 rings (SSSR count). The fraction of sp³-hybridized carbons (Fsp3) is 0.250. The maximum absolute atomic E-state index is 11.7. The lowest BCUT2D eigenvalue weighted by Gasteiger charge is -2.34. The van der Waals surface area contributed by atoms with Gasteiger partial charge in [-0.1, -0.05) is 65.8 Å². The molecule has 0 spiro atoms. The van der Waals surface area contributed by atoms with Gasteiger partial charge in [0.25, 0.3) is 0 Å². The predicted molar refractivity (Wildman–Crippen MR) is 218 cm³/mol. The Bertz CT molecular complexity index is 1400. The first-order valence-corrected chi connectivity index (χ1v) is 16.3. The van der Waals surface area contributed by atoms with Gasteiger partial charge in [-0.3, -0.25) is 0 Å². The topological polar surface area (TPSA) is 347 Å².